The zero-order chi connectivity index (χ0) is 11.8. The van der Waals surface area contributed by atoms with Crippen LogP contribution >= 0.6 is 0 Å². The first-order valence-electron chi connectivity index (χ1n) is 5.11. The minimum Gasteiger partial charge on any atom is -0.481 e. The Morgan fingerprint density at radius 1 is 1.27 bits per heavy atom. The smallest absolute Gasteiger partial charge is 0.303 e. The summed E-state index contributed by atoms with van der Waals surface area (Å²) in [5.41, 5.74) is 0. The zero-order valence-electron chi connectivity index (χ0n) is 9.27. The van der Waals surface area contributed by atoms with E-state index < -0.39 is 5.97 Å². The first kappa shape index (κ1) is 13.9. The molecular weight excluding hydrogens is 198 g/mol. The van der Waals surface area contributed by atoms with Gasteiger partial charge in [-0.15, -0.1) is 0 Å². The first-order valence-corrected chi connectivity index (χ1v) is 5.11. The molecule has 88 valence electrons. The number of aliphatic carboxylic acids is 1. The molecule has 0 heterocycles. The molecule has 1 amide bonds. The average molecular weight is 217 g/mol. The summed E-state index contributed by atoms with van der Waals surface area (Å²) in [4.78, 5) is 23.4. The van der Waals surface area contributed by atoms with Crippen LogP contribution in [0.3, 0.4) is 0 Å². The number of aliphatic hydroxyl groups excluding tert-OH is 1. The molecule has 0 aromatic heterocycles. The van der Waals surface area contributed by atoms with E-state index in [2.05, 4.69) is 0 Å². The molecule has 0 radical (unpaired) electrons. The van der Waals surface area contributed by atoms with Gasteiger partial charge in [0.05, 0.1) is 6.61 Å². The Morgan fingerprint density at radius 2 is 1.87 bits per heavy atom. The molecule has 2 N–H and O–H groups in total. The summed E-state index contributed by atoms with van der Waals surface area (Å²) >= 11 is 0. The van der Waals surface area contributed by atoms with Gasteiger partial charge in [-0.25, -0.2) is 0 Å². The number of carboxylic acids is 1. The lowest BCUT2D eigenvalue weighted by Crippen LogP contribution is -2.38. The third-order valence-corrected chi connectivity index (χ3v) is 2.07. The number of carbonyl (C=O) groups is 2. The van der Waals surface area contributed by atoms with E-state index in [-0.39, 0.29) is 31.4 Å². The van der Waals surface area contributed by atoms with Gasteiger partial charge in [0, 0.05) is 25.4 Å². The maximum atomic E-state index is 11.6. The maximum absolute atomic E-state index is 11.6. The monoisotopic (exact) mass is 217 g/mol. The Balaban J connectivity index is 3.97. The highest BCUT2D eigenvalue weighted by Crippen LogP contribution is 2.05. The highest BCUT2D eigenvalue weighted by molar-refractivity contribution is 5.77. The van der Waals surface area contributed by atoms with Crippen LogP contribution < -0.4 is 0 Å². The Labute approximate surface area is 89.7 Å². The molecule has 0 aliphatic carbocycles. The number of carboxylic acid groups (broad SMARTS) is 1. The summed E-state index contributed by atoms with van der Waals surface area (Å²) in [6.07, 6.45) is 0.587. The lowest BCUT2D eigenvalue weighted by Gasteiger charge is -2.25. The van der Waals surface area contributed by atoms with Crippen LogP contribution in [-0.4, -0.2) is 46.2 Å². The van der Waals surface area contributed by atoms with Gasteiger partial charge in [-0.3, -0.25) is 9.59 Å². The molecule has 15 heavy (non-hydrogen) atoms. The van der Waals surface area contributed by atoms with Gasteiger partial charge in [0.2, 0.25) is 5.91 Å². The molecule has 0 bridgehead atoms. The van der Waals surface area contributed by atoms with Crippen molar-refractivity contribution in [1.29, 1.82) is 0 Å². The normalized spacial score (nSPS) is 10.4. The summed E-state index contributed by atoms with van der Waals surface area (Å²) in [7, 11) is 0. The molecule has 0 saturated carbocycles. The molecule has 0 rings (SSSR count). The fourth-order valence-electron chi connectivity index (χ4n) is 1.31. The Hall–Kier alpha value is -1.10. The van der Waals surface area contributed by atoms with Gasteiger partial charge in [0.15, 0.2) is 0 Å². The molecule has 0 aliphatic heterocycles. The summed E-state index contributed by atoms with van der Waals surface area (Å²) in [6.45, 7) is 3.97. The van der Waals surface area contributed by atoms with Gasteiger partial charge in [-0.05, 0) is 20.3 Å². The minimum atomic E-state index is -0.888. The van der Waals surface area contributed by atoms with Crippen molar-refractivity contribution < 1.29 is 19.8 Å². The number of nitrogens with zero attached hydrogens (tertiary/aromatic N) is 1. The molecule has 0 spiro atoms. The second-order valence-electron chi connectivity index (χ2n) is 3.65. The van der Waals surface area contributed by atoms with E-state index in [1.807, 2.05) is 13.8 Å². The Kier molecular flexibility index (Phi) is 6.70. The Morgan fingerprint density at radius 3 is 2.27 bits per heavy atom. The fourth-order valence-corrected chi connectivity index (χ4v) is 1.31. The molecule has 0 aromatic rings. The van der Waals surface area contributed by atoms with Gasteiger partial charge in [0.1, 0.15) is 0 Å². The third kappa shape index (κ3) is 6.06. The van der Waals surface area contributed by atoms with E-state index in [9.17, 15) is 9.59 Å². The van der Waals surface area contributed by atoms with E-state index >= 15 is 0 Å². The van der Waals surface area contributed by atoms with Crippen molar-refractivity contribution in [2.24, 2.45) is 0 Å². The highest BCUT2D eigenvalue weighted by Gasteiger charge is 2.15. The molecule has 0 unspecified atom stereocenters. The van der Waals surface area contributed by atoms with Crippen LogP contribution in [0.15, 0.2) is 0 Å². The molecule has 5 heteroatoms. The lowest BCUT2D eigenvalue weighted by atomic mass is 10.2. The standard InChI is InChI=1S/C10H19NO4/c1-8(2)11(6-7-12)9(13)4-3-5-10(14)15/h8,12H,3-7H2,1-2H3,(H,14,15). The molecule has 0 saturated heterocycles. The van der Waals surface area contributed by atoms with Crippen LogP contribution in [0.4, 0.5) is 0 Å². The topological polar surface area (TPSA) is 77.8 Å². The van der Waals surface area contributed by atoms with E-state index in [4.69, 9.17) is 10.2 Å². The van der Waals surface area contributed by atoms with Crippen molar-refractivity contribution in [1.82, 2.24) is 4.90 Å². The minimum absolute atomic E-state index is 0.0107. The second-order valence-corrected chi connectivity index (χ2v) is 3.65. The van der Waals surface area contributed by atoms with Crippen LogP contribution in [0.25, 0.3) is 0 Å². The lowest BCUT2D eigenvalue weighted by molar-refractivity contribution is -0.137. The van der Waals surface area contributed by atoms with Crippen LogP contribution in [0.1, 0.15) is 33.1 Å². The maximum Gasteiger partial charge on any atom is 0.303 e. The second kappa shape index (κ2) is 7.23. The van der Waals surface area contributed by atoms with Crippen molar-refractivity contribution in [2.45, 2.75) is 39.2 Å². The van der Waals surface area contributed by atoms with Gasteiger partial charge < -0.3 is 15.1 Å². The number of rotatable bonds is 7. The van der Waals surface area contributed by atoms with Crippen LogP contribution in [0, 0.1) is 0 Å². The number of hydrogen-bond donors (Lipinski definition) is 2. The predicted octanol–water partition coefficient (Wildman–Crippen LogP) is 0.471. The largest absolute Gasteiger partial charge is 0.481 e. The van der Waals surface area contributed by atoms with E-state index in [1.165, 1.54) is 0 Å². The van der Waals surface area contributed by atoms with Gasteiger partial charge >= 0.3 is 5.97 Å². The van der Waals surface area contributed by atoms with Crippen molar-refractivity contribution in [2.75, 3.05) is 13.2 Å². The molecule has 0 aromatic carbocycles. The number of aliphatic hydroxyl groups is 1. The Bertz CT molecular complexity index is 215. The number of hydrogen-bond acceptors (Lipinski definition) is 3. The number of carbonyl (C=O) groups excluding carboxylic acids is 1. The summed E-state index contributed by atoms with van der Waals surface area (Å²) in [5, 5.41) is 17.2. The molecular formula is C10H19NO4. The van der Waals surface area contributed by atoms with Gasteiger partial charge in [-0.2, -0.15) is 0 Å². The van der Waals surface area contributed by atoms with Crippen molar-refractivity contribution in [3.05, 3.63) is 0 Å². The van der Waals surface area contributed by atoms with Crippen molar-refractivity contribution >= 4 is 11.9 Å². The molecule has 0 aliphatic rings. The number of amides is 1. The molecule has 0 fully saturated rings. The van der Waals surface area contributed by atoms with Gasteiger partial charge in [0.25, 0.3) is 0 Å². The summed E-state index contributed by atoms with van der Waals surface area (Å²) < 4.78 is 0. The first-order chi connectivity index (χ1) is 6.99. The quantitative estimate of drug-likeness (QED) is 0.650. The van der Waals surface area contributed by atoms with E-state index in [0.29, 0.717) is 13.0 Å². The molecule has 0 atom stereocenters. The van der Waals surface area contributed by atoms with Crippen LogP contribution in [0.5, 0.6) is 0 Å². The SMILES string of the molecule is CC(C)N(CCO)C(=O)CCCC(=O)O. The van der Waals surface area contributed by atoms with Crippen LogP contribution in [-0.2, 0) is 9.59 Å². The highest BCUT2D eigenvalue weighted by atomic mass is 16.4. The van der Waals surface area contributed by atoms with Crippen molar-refractivity contribution in [3.8, 4) is 0 Å². The third-order valence-electron chi connectivity index (χ3n) is 2.07. The predicted molar refractivity (Wildman–Crippen MR) is 55.4 cm³/mol. The summed E-state index contributed by atoms with van der Waals surface area (Å²) in [6, 6.07) is 0.0366. The van der Waals surface area contributed by atoms with Crippen LogP contribution in [0.2, 0.25) is 0 Å². The average Bonchev–Trinajstić information content (AvgIpc) is 2.12. The summed E-state index contributed by atoms with van der Waals surface area (Å²) in [5.74, 6) is -0.985. The van der Waals surface area contributed by atoms with E-state index in [1.54, 1.807) is 4.90 Å². The zero-order valence-corrected chi connectivity index (χ0v) is 9.27. The van der Waals surface area contributed by atoms with E-state index in [0.717, 1.165) is 0 Å². The molecule has 5 nitrogen and oxygen atoms in total. The van der Waals surface area contributed by atoms with Gasteiger partial charge in [-0.1, -0.05) is 0 Å². The fraction of sp³-hybridized carbons (Fsp3) is 0.800. The van der Waals surface area contributed by atoms with Crippen molar-refractivity contribution in [3.63, 3.8) is 0 Å².